The van der Waals surface area contributed by atoms with Gasteiger partial charge in [0.25, 0.3) is 5.91 Å². The van der Waals surface area contributed by atoms with Gasteiger partial charge in [-0.3, -0.25) is 4.79 Å². The van der Waals surface area contributed by atoms with Crippen LogP contribution in [-0.4, -0.2) is 23.5 Å². The molecule has 6 heteroatoms. The van der Waals surface area contributed by atoms with Crippen molar-refractivity contribution in [3.8, 4) is 0 Å². The van der Waals surface area contributed by atoms with Gasteiger partial charge in [-0.05, 0) is 24.6 Å². The minimum absolute atomic E-state index is 0.182. The van der Waals surface area contributed by atoms with Crippen LogP contribution in [-0.2, 0) is 9.53 Å². The minimum Gasteiger partial charge on any atom is -0.452 e. The highest BCUT2D eigenvalue weighted by Gasteiger charge is 2.16. The number of carbonyl (C=O) groups excluding carboxylic acids is 2. The van der Waals surface area contributed by atoms with Gasteiger partial charge >= 0.3 is 5.97 Å². The van der Waals surface area contributed by atoms with Gasteiger partial charge in [-0.1, -0.05) is 60.1 Å². The number of nitrogens with zero attached hydrogens (tertiary/aromatic N) is 1. The fourth-order valence-corrected chi connectivity index (χ4v) is 2.83. The van der Waals surface area contributed by atoms with Gasteiger partial charge in [0, 0.05) is 5.39 Å². The van der Waals surface area contributed by atoms with Crippen LogP contribution in [0.2, 0.25) is 5.15 Å². The molecule has 1 heterocycles. The van der Waals surface area contributed by atoms with Gasteiger partial charge in [0.05, 0.1) is 17.1 Å². The molecule has 26 heavy (non-hydrogen) atoms. The fourth-order valence-electron chi connectivity index (χ4n) is 2.63. The lowest BCUT2D eigenvalue weighted by molar-refractivity contribution is -0.124. The van der Waals surface area contributed by atoms with Crippen molar-refractivity contribution >= 4 is 34.4 Å². The number of fused-ring (bicyclic) bond motifs is 1. The van der Waals surface area contributed by atoms with E-state index in [9.17, 15) is 9.59 Å². The number of hydrogen-bond donors (Lipinski definition) is 1. The Balaban J connectivity index is 1.65. The van der Waals surface area contributed by atoms with Crippen LogP contribution in [0.5, 0.6) is 0 Å². The monoisotopic (exact) mass is 368 g/mol. The summed E-state index contributed by atoms with van der Waals surface area (Å²) in [6.07, 6.45) is 0. The maximum absolute atomic E-state index is 12.4. The predicted octanol–water partition coefficient (Wildman–Crippen LogP) is 3.92. The van der Waals surface area contributed by atoms with E-state index in [1.54, 1.807) is 24.3 Å². The second kappa shape index (κ2) is 7.97. The average molecular weight is 369 g/mol. The molecule has 0 aliphatic rings. The molecule has 1 N–H and O–H groups in total. The summed E-state index contributed by atoms with van der Waals surface area (Å²) in [4.78, 5) is 28.6. The number of esters is 1. The Kier molecular flexibility index (Phi) is 5.49. The molecule has 0 saturated carbocycles. The normalized spacial score (nSPS) is 11.8. The quantitative estimate of drug-likeness (QED) is 0.547. The van der Waals surface area contributed by atoms with Crippen molar-refractivity contribution in [3.05, 3.63) is 76.9 Å². The van der Waals surface area contributed by atoms with Crippen LogP contribution < -0.4 is 5.32 Å². The molecule has 0 bridgehead atoms. The van der Waals surface area contributed by atoms with Crippen molar-refractivity contribution in [2.24, 2.45) is 0 Å². The van der Waals surface area contributed by atoms with E-state index in [-0.39, 0.29) is 29.3 Å². The van der Waals surface area contributed by atoms with Crippen LogP contribution >= 0.6 is 11.6 Å². The van der Waals surface area contributed by atoms with Crippen molar-refractivity contribution < 1.29 is 14.3 Å². The number of amides is 1. The molecule has 1 aromatic heterocycles. The number of para-hydroxylation sites is 1. The van der Waals surface area contributed by atoms with E-state index < -0.39 is 5.97 Å². The van der Waals surface area contributed by atoms with E-state index in [2.05, 4.69) is 10.3 Å². The Morgan fingerprint density at radius 3 is 2.58 bits per heavy atom. The summed E-state index contributed by atoms with van der Waals surface area (Å²) in [5.74, 6) is -0.993. The van der Waals surface area contributed by atoms with Gasteiger partial charge < -0.3 is 10.1 Å². The Morgan fingerprint density at radius 2 is 1.81 bits per heavy atom. The average Bonchev–Trinajstić information content (AvgIpc) is 2.66. The first-order valence-electron chi connectivity index (χ1n) is 8.11. The first kappa shape index (κ1) is 17.9. The SMILES string of the molecule is C[C@H](NC(=O)COC(=O)c1cc(Cl)nc2ccccc12)c1ccccc1. The highest BCUT2D eigenvalue weighted by Crippen LogP contribution is 2.21. The minimum atomic E-state index is -0.618. The smallest absolute Gasteiger partial charge is 0.339 e. The van der Waals surface area contributed by atoms with Crippen molar-refractivity contribution in [1.82, 2.24) is 10.3 Å². The lowest BCUT2D eigenvalue weighted by Gasteiger charge is -2.14. The molecular formula is C20H17ClN2O3. The summed E-state index contributed by atoms with van der Waals surface area (Å²) in [7, 11) is 0. The zero-order valence-electron chi connectivity index (χ0n) is 14.1. The molecule has 0 fully saturated rings. The van der Waals surface area contributed by atoms with E-state index >= 15 is 0 Å². The standard InChI is InChI=1S/C20H17ClN2O3/c1-13(14-7-3-2-4-8-14)22-19(24)12-26-20(25)16-11-18(21)23-17-10-6-5-9-15(16)17/h2-11,13H,12H2,1H3,(H,22,24)/t13-/m0/s1. The van der Waals surface area contributed by atoms with Gasteiger partial charge in [0.2, 0.25) is 0 Å². The Morgan fingerprint density at radius 1 is 1.12 bits per heavy atom. The molecule has 5 nitrogen and oxygen atoms in total. The van der Waals surface area contributed by atoms with Crippen molar-refractivity contribution in [2.75, 3.05) is 6.61 Å². The predicted molar refractivity (Wildman–Crippen MR) is 100 cm³/mol. The maximum Gasteiger partial charge on any atom is 0.339 e. The summed E-state index contributed by atoms with van der Waals surface area (Å²) in [6.45, 7) is 1.50. The lowest BCUT2D eigenvalue weighted by atomic mass is 10.1. The Bertz CT molecular complexity index is 944. The molecule has 3 rings (SSSR count). The topological polar surface area (TPSA) is 68.3 Å². The Hall–Kier alpha value is -2.92. The van der Waals surface area contributed by atoms with Crippen molar-refractivity contribution in [1.29, 1.82) is 0 Å². The third-order valence-corrected chi connectivity index (χ3v) is 4.11. The number of nitrogens with one attached hydrogen (secondary N) is 1. The van der Waals surface area contributed by atoms with E-state index in [0.717, 1.165) is 5.56 Å². The number of aromatic nitrogens is 1. The molecule has 0 aliphatic carbocycles. The van der Waals surface area contributed by atoms with Gasteiger partial charge in [-0.25, -0.2) is 9.78 Å². The summed E-state index contributed by atoms with van der Waals surface area (Å²) in [5.41, 5.74) is 1.85. The summed E-state index contributed by atoms with van der Waals surface area (Å²) < 4.78 is 5.15. The first-order valence-corrected chi connectivity index (χ1v) is 8.49. The number of benzene rings is 2. The van der Waals surface area contributed by atoms with Crippen molar-refractivity contribution in [3.63, 3.8) is 0 Å². The molecule has 0 saturated heterocycles. The summed E-state index contributed by atoms with van der Waals surface area (Å²) in [6, 6.07) is 17.9. The molecule has 1 atom stereocenters. The molecule has 1 amide bonds. The molecule has 0 radical (unpaired) electrons. The second-order valence-corrected chi connectivity index (χ2v) is 6.17. The summed E-state index contributed by atoms with van der Waals surface area (Å²) >= 11 is 5.97. The zero-order chi connectivity index (χ0) is 18.5. The molecule has 0 aliphatic heterocycles. The molecule has 0 spiro atoms. The van der Waals surface area contributed by atoms with Crippen LogP contribution in [0.1, 0.15) is 28.9 Å². The van der Waals surface area contributed by atoms with E-state index in [0.29, 0.717) is 10.9 Å². The highest BCUT2D eigenvalue weighted by atomic mass is 35.5. The van der Waals surface area contributed by atoms with Crippen LogP contribution in [0.15, 0.2) is 60.7 Å². The number of ether oxygens (including phenoxy) is 1. The second-order valence-electron chi connectivity index (χ2n) is 5.79. The lowest BCUT2D eigenvalue weighted by Crippen LogP contribution is -2.31. The van der Waals surface area contributed by atoms with E-state index in [1.165, 1.54) is 6.07 Å². The van der Waals surface area contributed by atoms with Crippen LogP contribution in [0.25, 0.3) is 10.9 Å². The molecular weight excluding hydrogens is 352 g/mol. The maximum atomic E-state index is 12.4. The van der Waals surface area contributed by atoms with Gasteiger partial charge in [-0.15, -0.1) is 0 Å². The van der Waals surface area contributed by atoms with Gasteiger partial charge in [-0.2, -0.15) is 0 Å². The van der Waals surface area contributed by atoms with E-state index in [4.69, 9.17) is 16.3 Å². The third-order valence-electron chi connectivity index (χ3n) is 3.92. The molecule has 132 valence electrons. The molecule has 0 unspecified atom stereocenters. The van der Waals surface area contributed by atoms with E-state index in [1.807, 2.05) is 37.3 Å². The van der Waals surface area contributed by atoms with Gasteiger partial charge in [0.1, 0.15) is 5.15 Å². The fraction of sp³-hybridized carbons (Fsp3) is 0.150. The van der Waals surface area contributed by atoms with Crippen LogP contribution in [0, 0.1) is 0 Å². The molecule has 2 aromatic carbocycles. The number of pyridine rings is 1. The van der Waals surface area contributed by atoms with Gasteiger partial charge in [0.15, 0.2) is 6.61 Å². The third kappa shape index (κ3) is 4.18. The molecule has 3 aromatic rings. The van der Waals surface area contributed by atoms with Crippen molar-refractivity contribution in [2.45, 2.75) is 13.0 Å². The number of hydrogen-bond acceptors (Lipinski definition) is 4. The summed E-state index contributed by atoms with van der Waals surface area (Å²) in [5, 5.41) is 3.61. The highest BCUT2D eigenvalue weighted by molar-refractivity contribution is 6.30. The number of rotatable bonds is 5. The zero-order valence-corrected chi connectivity index (χ0v) is 14.9. The largest absolute Gasteiger partial charge is 0.452 e. The number of halogens is 1. The Labute approximate surface area is 156 Å². The number of carbonyl (C=O) groups is 2. The van der Waals surface area contributed by atoms with Crippen LogP contribution in [0.4, 0.5) is 0 Å². The first-order chi connectivity index (χ1) is 12.5. The van der Waals surface area contributed by atoms with Crippen LogP contribution in [0.3, 0.4) is 0 Å².